The highest BCUT2D eigenvalue weighted by molar-refractivity contribution is 5.29. The Morgan fingerprint density at radius 2 is 2.06 bits per heavy atom. The number of H-pyrrole nitrogens is 1. The summed E-state index contributed by atoms with van der Waals surface area (Å²) in [5.74, 6) is 0.587. The average Bonchev–Trinajstić information content (AvgIpc) is 2.33. The van der Waals surface area contributed by atoms with Crippen molar-refractivity contribution in [1.29, 1.82) is 0 Å². The molecule has 1 aromatic heterocycles. The van der Waals surface area contributed by atoms with Crippen LogP contribution in [0.15, 0.2) is 41.5 Å². The molecule has 0 saturated carbocycles. The van der Waals surface area contributed by atoms with Gasteiger partial charge >= 0.3 is 5.56 Å². The van der Waals surface area contributed by atoms with Crippen molar-refractivity contribution >= 4 is 0 Å². The van der Waals surface area contributed by atoms with E-state index in [9.17, 15) is 4.79 Å². The highest BCUT2D eigenvalue weighted by Crippen LogP contribution is 2.16. The summed E-state index contributed by atoms with van der Waals surface area (Å²) in [6.45, 7) is 0.477. The zero-order valence-corrected chi connectivity index (χ0v) is 8.51. The predicted molar refractivity (Wildman–Crippen MR) is 59.3 cm³/mol. The topological polar surface area (TPSA) is 81.0 Å². The SMILES string of the molecule is NCc1ccc(Oc2ncc[nH]c2=O)cc1. The zero-order chi connectivity index (χ0) is 11.4. The number of nitrogens with zero attached hydrogens (tertiary/aromatic N) is 1. The van der Waals surface area contributed by atoms with Crippen LogP contribution in [0.3, 0.4) is 0 Å². The molecular formula is C11H11N3O2. The number of aromatic nitrogens is 2. The van der Waals surface area contributed by atoms with Crippen LogP contribution >= 0.6 is 0 Å². The highest BCUT2D eigenvalue weighted by atomic mass is 16.5. The van der Waals surface area contributed by atoms with Crippen LogP contribution in [0.1, 0.15) is 5.56 Å². The van der Waals surface area contributed by atoms with Gasteiger partial charge in [-0.25, -0.2) is 4.98 Å². The Morgan fingerprint density at radius 3 is 2.69 bits per heavy atom. The van der Waals surface area contributed by atoms with Gasteiger partial charge in [0, 0.05) is 18.9 Å². The molecule has 2 aromatic rings. The molecule has 0 atom stereocenters. The minimum Gasteiger partial charge on any atom is -0.435 e. The fourth-order valence-corrected chi connectivity index (χ4v) is 1.22. The summed E-state index contributed by atoms with van der Waals surface area (Å²) in [5.41, 5.74) is 6.11. The number of aromatic amines is 1. The Bertz CT molecular complexity index is 519. The van der Waals surface area contributed by atoms with Gasteiger partial charge in [-0.2, -0.15) is 0 Å². The van der Waals surface area contributed by atoms with E-state index in [0.717, 1.165) is 5.56 Å². The van der Waals surface area contributed by atoms with Crippen LogP contribution < -0.4 is 16.0 Å². The molecule has 5 heteroatoms. The fraction of sp³-hybridized carbons (Fsp3) is 0.0909. The largest absolute Gasteiger partial charge is 0.435 e. The molecule has 3 N–H and O–H groups in total. The van der Waals surface area contributed by atoms with Crippen LogP contribution in [-0.2, 0) is 6.54 Å². The van der Waals surface area contributed by atoms with Crippen LogP contribution in [0.2, 0.25) is 0 Å². The first kappa shape index (κ1) is 10.4. The van der Waals surface area contributed by atoms with Gasteiger partial charge in [-0.1, -0.05) is 12.1 Å². The minimum atomic E-state index is -0.356. The Kier molecular flexibility index (Phi) is 2.98. The van der Waals surface area contributed by atoms with Crippen LogP contribution in [0.25, 0.3) is 0 Å². The molecule has 1 heterocycles. The molecule has 2 rings (SSSR count). The second kappa shape index (κ2) is 4.59. The van der Waals surface area contributed by atoms with Crippen molar-refractivity contribution in [2.24, 2.45) is 5.73 Å². The maximum Gasteiger partial charge on any atom is 0.311 e. The molecule has 0 aliphatic heterocycles. The van der Waals surface area contributed by atoms with Crippen molar-refractivity contribution in [3.63, 3.8) is 0 Å². The van der Waals surface area contributed by atoms with Crippen LogP contribution in [0, 0.1) is 0 Å². The van der Waals surface area contributed by atoms with Gasteiger partial charge in [-0.05, 0) is 17.7 Å². The number of ether oxygens (including phenoxy) is 1. The van der Waals surface area contributed by atoms with Crippen molar-refractivity contribution in [1.82, 2.24) is 9.97 Å². The van der Waals surface area contributed by atoms with Crippen LogP contribution in [0.4, 0.5) is 0 Å². The monoisotopic (exact) mass is 217 g/mol. The number of benzene rings is 1. The Balaban J connectivity index is 2.21. The Hall–Kier alpha value is -2.14. The van der Waals surface area contributed by atoms with E-state index in [0.29, 0.717) is 12.3 Å². The second-order valence-corrected chi connectivity index (χ2v) is 3.17. The van der Waals surface area contributed by atoms with E-state index in [1.165, 1.54) is 12.4 Å². The predicted octanol–water partition coefficient (Wildman–Crippen LogP) is 1.02. The van der Waals surface area contributed by atoms with E-state index < -0.39 is 0 Å². The van der Waals surface area contributed by atoms with E-state index in [-0.39, 0.29) is 11.4 Å². The lowest BCUT2D eigenvalue weighted by atomic mass is 10.2. The molecule has 0 saturated heterocycles. The van der Waals surface area contributed by atoms with Gasteiger partial charge < -0.3 is 15.5 Å². The molecule has 16 heavy (non-hydrogen) atoms. The molecule has 82 valence electrons. The lowest BCUT2D eigenvalue weighted by molar-refractivity contribution is 0.454. The maximum absolute atomic E-state index is 11.3. The molecular weight excluding hydrogens is 206 g/mol. The van der Waals surface area contributed by atoms with Crippen molar-refractivity contribution in [3.05, 3.63) is 52.6 Å². The summed E-state index contributed by atoms with van der Waals surface area (Å²) >= 11 is 0. The van der Waals surface area contributed by atoms with Crippen molar-refractivity contribution in [3.8, 4) is 11.6 Å². The van der Waals surface area contributed by atoms with Gasteiger partial charge in [0.05, 0.1) is 0 Å². The summed E-state index contributed by atoms with van der Waals surface area (Å²) in [5, 5.41) is 0. The average molecular weight is 217 g/mol. The standard InChI is InChI=1S/C11H11N3O2/c12-7-8-1-3-9(4-2-8)16-11-10(15)13-5-6-14-11/h1-6H,7,12H2,(H,13,15). The number of hydrogen-bond donors (Lipinski definition) is 2. The van der Waals surface area contributed by atoms with E-state index in [4.69, 9.17) is 10.5 Å². The van der Waals surface area contributed by atoms with Crippen molar-refractivity contribution in [2.45, 2.75) is 6.54 Å². The van der Waals surface area contributed by atoms with E-state index >= 15 is 0 Å². The van der Waals surface area contributed by atoms with Gasteiger partial charge in [0.25, 0.3) is 5.88 Å². The third-order valence-corrected chi connectivity index (χ3v) is 2.05. The molecule has 1 aromatic carbocycles. The number of rotatable bonds is 3. The van der Waals surface area contributed by atoms with Crippen molar-refractivity contribution < 1.29 is 4.74 Å². The summed E-state index contributed by atoms with van der Waals surface area (Å²) < 4.78 is 5.31. The van der Waals surface area contributed by atoms with Crippen LogP contribution in [-0.4, -0.2) is 9.97 Å². The minimum absolute atomic E-state index is 0.0306. The number of hydrogen-bond acceptors (Lipinski definition) is 4. The molecule has 5 nitrogen and oxygen atoms in total. The van der Waals surface area contributed by atoms with Gasteiger partial charge in [-0.3, -0.25) is 4.79 Å². The highest BCUT2D eigenvalue weighted by Gasteiger charge is 2.02. The summed E-state index contributed by atoms with van der Waals surface area (Å²) in [7, 11) is 0. The molecule has 0 aliphatic rings. The molecule has 0 spiro atoms. The molecule has 0 radical (unpaired) electrons. The summed E-state index contributed by atoms with van der Waals surface area (Å²) in [6, 6.07) is 7.17. The molecule has 0 bridgehead atoms. The van der Waals surface area contributed by atoms with Crippen molar-refractivity contribution in [2.75, 3.05) is 0 Å². The lowest BCUT2D eigenvalue weighted by Crippen LogP contribution is -2.09. The molecule has 0 amide bonds. The smallest absolute Gasteiger partial charge is 0.311 e. The molecule has 0 aliphatic carbocycles. The van der Waals surface area contributed by atoms with Crippen LogP contribution in [0.5, 0.6) is 11.6 Å². The summed E-state index contributed by atoms with van der Waals surface area (Å²) in [6.07, 6.45) is 2.91. The second-order valence-electron chi connectivity index (χ2n) is 3.17. The number of nitrogens with two attached hydrogens (primary N) is 1. The molecule has 0 unspecified atom stereocenters. The van der Waals surface area contributed by atoms with E-state index in [2.05, 4.69) is 9.97 Å². The van der Waals surface area contributed by atoms with E-state index in [1.54, 1.807) is 12.1 Å². The zero-order valence-electron chi connectivity index (χ0n) is 8.51. The Morgan fingerprint density at radius 1 is 1.31 bits per heavy atom. The first-order valence-corrected chi connectivity index (χ1v) is 4.80. The normalized spacial score (nSPS) is 10.1. The molecule has 0 fully saturated rings. The first-order chi connectivity index (χ1) is 7.79. The van der Waals surface area contributed by atoms with Gasteiger partial charge in [-0.15, -0.1) is 0 Å². The quantitative estimate of drug-likeness (QED) is 0.804. The third-order valence-electron chi connectivity index (χ3n) is 2.05. The maximum atomic E-state index is 11.3. The van der Waals surface area contributed by atoms with E-state index in [1.807, 2.05) is 12.1 Å². The van der Waals surface area contributed by atoms with Gasteiger partial charge in [0.2, 0.25) is 0 Å². The lowest BCUT2D eigenvalue weighted by Gasteiger charge is -2.03. The summed E-state index contributed by atoms with van der Waals surface area (Å²) in [4.78, 5) is 17.6. The van der Waals surface area contributed by atoms with Gasteiger partial charge in [0.1, 0.15) is 5.75 Å². The number of nitrogens with one attached hydrogen (secondary N) is 1. The first-order valence-electron chi connectivity index (χ1n) is 4.80. The third kappa shape index (κ3) is 2.26. The fourth-order valence-electron chi connectivity index (χ4n) is 1.22. The van der Waals surface area contributed by atoms with Gasteiger partial charge in [0.15, 0.2) is 0 Å². The Labute approximate surface area is 91.9 Å².